The fourth-order valence-electron chi connectivity index (χ4n) is 3.07. The first-order valence-corrected chi connectivity index (χ1v) is 10.5. The Morgan fingerprint density at radius 3 is 2.71 bits per heavy atom. The summed E-state index contributed by atoms with van der Waals surface area (Å²) in [6, 6.07) is 5.07. The Hall–Kier alpha value is -3.08. The van der Waals surface area contributed by atoms with Crippen molar-refractivity contribution in [2.24, 2.45) is 14.1 Å². The first-order chi connectivity index (χ1) is 14.8. The van der Waals surface area contributed by atoms with Crippen molar-refractivity contribution in [3.05, 3.63) is 66.2 Å². The highest BCUT2D eigenvalue weighted by molar-refractivity contribution is 7.14. The van der Waals surface area contributed by atoms with E-state index in [9.17, 15) is 14.4 Å². The molecule has 1 amide bonds. The molecule has 0 fully saturated rings. The summed E-state index contributed by atoms with van der Waals surface area (Å²) < 4.78 is 2.18. The molecule has 0 atom stereocenters. The summed E-state index contributed by atoms with van der Waals surface area (Å²) in [5.74, 6) is -0.395. The van der Waals surface area contributed by atoms with Crippen LogP contribution in [-0.4, -0.2) is 30.2 Å². The number of nitrogens with one attached hydrogen (secondary N) is 1. The molecule has 0 saturated carbocycles. The summed E-state index contributed by atoms with van der Waals surface area (Å²) in [7, 11) is 2.86. The maximum absolute atomic E-state index is 12.6. The van der Waals surface area contributed by atoms with E-state index in [-0.39, 0.29) is 17.5 Å². The van der Waals surface area contributed by atoms with Crippen molar-refractivity contribution in [1.29, 1.82) is 0 Å². The lowest BCUT2D eigenvalue weighted by atomic mass is 10.1. The number of amides is 1. The van der Waals surface area contributed by atoms with Gasteiger partial charge in [0.15, 0.2) is 10.8 Å². The number of aromatic nitrogens is 5. The van der Waals surface area contributed by atoms with Crippen LogP contribution in [-0.2, 0) is 25.3 Å². The van der Waals surface area contributed by atoms with Crippen LogP contribution >= 0.6 is 34.5 Å². The normalized spacial score (nSPS) is 11.1. The topological polar surface area (TPSA) is 112 Å². The standard InChI is InChI=1S/C19H14Cl2N6O3S/c1-26-16-15(17(29)27(2)19(26)30)9(7-22-25-16)5-14(28)24-18-23-13(8-31-18)11-4-3-10(20)6-12(11)21/h3-4,6-8H,5H2,1-2H3,(H,23,24,28). The monoisotopic (exact) mass is 476 g/mol. The molecule has 3 heterocycles. The van der Waals surface area contributed by atoms with Gasteiger partial charge in [0.05, 0.1) is 28.7 Å². The number of benzene rings is 1. The molecule has 0 saturated heterocycles. The Morgan fingerprint density at radius 1 is 1.19 bits per heavy atom. The minimum absolute atomic E-state index is 0.118. The highest BCUT2D eigenvalue weighted by Crippen LogP contribution is 2.32. The number of carbonyl (C=O) groups excluding carboxylic acids is 1. The zero-order valence-electron chi connectivity index (χ0n) is 16.2. The Morgan fingerprint density at radius 2 is 1.97 bits per heavy atom. The van der Waals surface area contributed by atoms with Crippen molar-refractivity contribution in [3.63, 3.8) is 0 Å². The van der Waals surface area contributed by atoms with Crippen LogP contribution in [0.25, 0.3) is 22.3 Å². The quantitative estimate of drug-likeness (QED) is 0.484. The van der Waals surface area contributed by atoms with Crippen molar-refractivity contribution < 1.29 is 4.79 Å². The number of rotatable bonds is 4. The molecular formula is C19H14Cl2N6O3S. The van der Waals surface area contributed by atoms with E-state index in [0.29, 0.717) is 32.0 Å². The largest absolute Gasteiger partial charge is 0.332 e. The van der Waals surface area contributed by atoms with E-state index in [1.807, 2.05) is 0 Å². The lowest BCUT2D eigenvalue weighted by molar-refractivity contribution is -0.115. The second-order valence-corrected chi connectivity index (χ2v) is 8.36. The van der Waals surface area contributed by atoms with Gasteiger partial charge >= 0.3 is 5.69 Å². The first-order valence-electron chi connectivity index (χ1n) is 8.87. The second kappa shape index (κ2) is 8.22. The molecule has 0 aliphatic carbocycles. The third-order valence-corrected chi connectivity index (χ3v) is 5.93. The number of halogens is 2. The van der Waals surface area contributed by atoms with Crippen LogP contribution in [0.5, 0.6) is 0 Å². The summed E-state index contributed by atoms with van der Waals surface area (Å²) in [6.45, 7) is 0. The minimum atomic E-state index is -0.537. The molecule has 1 N–H and O–H groups in total. The molecule has 31 heavy (non-hydrogen) atoms. The molecule has 4 aromatic rings. The average Bonchev–Trinajstić information content (AvgIpc) is 3.18. The third-order valence-electron chi connectivity index (χ3n) is 4.63. The molecule has 0 unspecified atom stereocenters. The van der Waals surface area contributed by atoms with E-state index in [0.717, 1.165) is 4.57 Å². The second-order valence-electron chi connectivity index (χ2n) is 6.66. The van der Waals surface area contributed by atoms with Crippen molar-refractivity contribution in [1.82, 2.24) is 24.3 Å². The molecule has 0 aliphatic heterocycles. The summed E-state index contributed by atoms with van der Waals surface area (Å²) in [4.78, 5) is 41.7. The highest BCUT2D eigenvalue weighted by Gasteiger charge is 2.17. The summed E-state index contributed by atoms with van der Waals surface area (Å²) >= 11 is 13.4. The number of hydrogen-bond donors (Lipinski definition) is 1. The highest BCUT2D eigenvalue weighted by atomic mass is 35.5. The molecule has 4 rings (SSSR count). The van der Waals surface area contributed by atoms with Crippen molar-refractivity contribution in [3.8, 4) is 11.3 Å². The number of hydrogen-bond acceptors (Lipinski definition) is 7. The van der Waals surface area contributed by atoms with Crippen LogP contribution in [0, 0.1) is 0 Å². The first kappa shape index (κ1) is 21.2. The Bertz CT molecular complexity index is 1460. The van der Waals surface area contributed by atoms with Crippen LogP contribution in [0.15, 0.2) is 39.4 Å². The molecule has 158 valence electrons. The smallest absolute Gasteiger partial charge is 0.302 e. The zero-order chi connectivity index (χ0) is 22.3. The van der Waals surface area contributed by atoms with Gasteiger partial charge in [0, 0.05) is 30.1 Å². The SMILES string of the molecule is Cn1c(=O)c2c(CC(=O)Nc3nc(-c4ccc(Cl)cc4Cl)cs3)cnnc2n(C)c1=O. The average molecular weight is 477 g/mol. The lowest BCUT2D eigenvalue weighted by Crippen LogP contribution is -2.38. The van der Waals surface area contributed by atoms with Gasteiger partial charge in [-0.1, -0.05) is 23.2 Å². The Labute approximate surface area is 188 Å². The van der Waals surface area contributed by atoms with E-state index in [4.69, 9.17) is 23.2 Å². The number of nitrogens with zero attached hydrogens (tertiary/aromatic N) is 5. The van der Waals surface area contributed by atoms with E-state index >= 15 is 0 Å². The van der Waals surface area contributed by atoms with E-state index in [2.05, 4.69) is 20.5 Å². The van der Waals surface area contributed by atoms with Crippen LogP contribution in [0.1, 0.15) is 5.56 Å². The summed E-state index contributed by atoms with van der Waals surface area (Å²) in [5, 5.41) is 13.7. The van der Waals surface area contributed by atoms with E-state index in [1.54, 1.807) is 23.6 Å². The lowest BCUT2D eigenvalue weighted by Gasteiger charge is -2.09. The molecule has 1 aromatic carbocycles. The van der Waals surface area contributed by atoms with Gasteiger partial charge in [0.1, 0.15) is 0 Å². The van der Waals surface area contributed by atoms with Gasteiger partial charge in [-0.25, -0.2) is 9.78 Å². The van der Waals surface area contributed by atoms with Gasteiger partial charge in [-0.2, -0.15) is 5.10 Å². The molecule has 0 aliphatic rings. The van der Waals surface area contributed by atoms with Gasteiger partial charge in [-0.15, -0.1) is 16.4 Å². The van der Waals surface area contributed by atoms with Crippen LogP contribution in [0.2, 0.25) is 10.0 Å². The number of fused-ring (bicyclic) bond motifs is 1. The van der Waals surface area contributed by atoms with Gasteiger partial charge in [-0.3, -0.25) is 18.7 Å². The number of aryl methyl sites for hydroxylation is 1. The number of carbonyl (C=O) groups is 1. The molecule has 0 bridgehead atoms. The zero-order valence-corrected chi connectivity index (χ0v) is 18.5. The van der Waals surface area contributed by atoms with E-state index in [1.165, 1.54) is 36.2 Å². The van der Waals surface area contributed by atoms with Gasteiger partial charge in [-0.05, 0) is 23.8 Å². The fraction of sp³-hybridized carbons (Fsp3) is 0.158. The minimum Gasteiger partial charge on any atom is -0.302 e. The van der Waals surface area contributed by atoms with Crippen LogP contribution in [0.4, 0.5) is 5.13 Å². The summed E-state index contributed by atoms with van der Waals surface area (Å²) in [5.41, 5.74) is 0.705. The van der Waals surface area contributed by atoms with Crippen molar-refractivity contribution in [2.75, 3.05) is 5.32 Å². The van der Waals surface area contributed by atoms with Crippen LogP contribution in [0.3, 0.4) is 0 Å². The number of thiazole rings is 1. The predicted molar refractivity (Wildman–Crippen MR) is 120 cm³/mol. The van der Waals surface area contributed by atoms with Crippen molar-refractivity contribution in [2.45, 2.75) is 6.42 Å². The molecule has 9 nitrogen and oxygen atoms in total. The molecule has 3 aromatic heterocycles. The third kappa shape index (κ3) is 3.97. The maximum atomic E-state index is 12.6. The van der Waals surface area contributed by atoms with E-state index < -0.39 is 17.2 Å². The maximum Gasteiger partial charge on any atom is 0.332 e. The Balaban J connectivity index is 1.61. The molecule has 0 spiro atoms. The Kier molecular flexibility index (Phi) is 5.61. The van der Waals surface area contributed by atoms with Crippen LogP contribution < -0.4 is 16.6 Å². The van der Waals surface area contributed by atoms with Gasteiger partial charge < -0.3 is 5.32 Å². The fourth-order valence-corrected chi connectivity index (χ4v) is 4.30. The van der Waals surface area contributed by atoms with Gasteiger partial charge in [0.2, 0.25) is 5.91 Å². The predicted octanol–water partition coefficient (Wildman–Crippen LogP) is 2.64. The molecule has 0 radical (unpaired) electrons. The molecular weight excluding hydrogens is 463 g/mol. The van der Waals surface area contributed by atoms with Crippen molar-refractivity contribution >= 4 is 56.6 Å². The molecule has 12 heteroatoms. The summed E-state index contributed by atoms with van der Waals surface area (Å²) in [6.07, 6.45) is 1.20. The number of anilines is 1. The van der Waals surface area contributed by atoms with Gasteiger partial charge in [0.25, 0.3) is 5.56 Å².